The molecule has 6 amide bonds. The zero-order valence-corrected chi connectivity index (χ0v) is 36.5. The van der Waals surface area contributed by atoms with E-state index in [1.165, 1.54) is 6.08 Å². The number of ketones is 1. The molecule has 1 aromatic rings. The van der Waals surface area contributed by atoms with Crippen molar-refractivity contribution in [2.75, 3.05) is 26.2 Å². The molecule has 2 saturated carbocycles. The topological polar surface area (TPSA) is 193 Å². The first-order valence-corrected chi connectivity index (χ1v) is 21.9. The van der Waals surface area contributed by atoms with Crippen LogP contribution in [0.2, 0.25) is 0 Å². The molecule has 15 heteroatoms. The molecule has 2 heterocycles. The number of rotatable bonds is 17. The van der Waals surface area contributed by atoms with E-state index in [1.54, 1.807) is 36.6 Å². The molecule has 4 fully saturated rings. The fourth-order valence-corrected chi connectivity index (χ4v) is 9.36. The molecular weight excluding hydrogens is 781 g/mol. The fraction of sp³-hybridized carbons (Fsp3) is 0.630. The molecule has 6 atom stereocenters. The maximum atomic E-state index is 15.0. The number of likely N-dealkylation sites (tertiary alicyclic amines) is 2. The quantitative estimate of drug-likeness (QED) is 0.126. The highest BCUT2D eigenvalue weighted by atomic mass is 16.6. The van der Waals surface area contributed by atoms with Gasteiger partial charge >= 0.3 is 12.2 Å². The largest absolute Gasteiger partial charge is 0.445 e. The molecule has 0 radical (unpaired) electrons. The van der Waals surface area contributed by atoms with Gasteiger partial charge in [0.15, 0.2) is 0 Å². The van der Waals surface area contributed by atoms with Crippen molar-refractivity contribution in [2.24, 2.45) is 29.1 Å². The lowest BCUT2D eigenvalue weighted by Gasteiger charge is -2.39. The number of allylic oxidation sites excluding steroid dienone is 1. The van der Waals surface area contributed by atoms with Crippen LogP contribution in [0.1, 0.15) is 98.0 Å². The number of nitrogens with zero attached hydrogens (tertiary/aromatic N) is 2. The highest BCUT2D eigenvalue weighted by molar-refractivity contribution is 6.38. The Balaban J connectivity index is 1.36. The number of hydrogen-bond acceptors (Lipinski definition) is 9. The van der Waals surface area contributed by atoms with Crippen LogP contribution in [-0.4, -0.2) is 107 Å². The minimum atomic E-state index is -1.14. The molecule has 4 N–H and O–H groups in total. The lowest BCUT2D eigenvalue weighted by Crippen LogP contribution is -2.62. The van der Waals surface area contributed by atoms with Gasteiger partial charge in [0, 0.05) is 26.2 Å². The average molecular weight is 847 g/mol. The number of amides is 6. The molecule has 0 spiro atoms. The van der Waals surface area contributed by atoms with E-state index in [4.69, 9.17) is 9.47 Å². The third-order valence-electron chi connectivity index (χ3n) is 12.8. The molecule has 61 heavy (non-hydrogen) atoms. The Kier molecular flexibility index (Phi) is 15.8. The zero-order valence-electron chi connectivity index (χ0n) is 36.5. The van der Waals surface area contributed by atoms with Gasteiger partial charge in [-0.2, -0.15) is 0 Å². The second kappa shape index (κ2) is 20.6. The van der Waals surface area contributed by atoms with Gasteiger partial charge in [0.25, 0.3) is 5.91 Å². The zero-order chi connectivity index (χ0) is 44.5. The van der Waals surface area contributed by atoms with Crippen molar-refractivity contribution >= 4 is 41.6 Å². The summed E-state index contributed by atoms with van der Waals surface area (Å²) in [6, 6.07) is 5.20. The Morgan fingerprint density at radius 1 is 0.869 bits per heavy atom. The number of benzene rings is 1. The maximum absolute atomic E-state index is 15.0. The molecule has 4 aliphatic rings. The van der Waals surface area contributed by atoms with Gasteiger partial charge in [0.2, 0.25) is 23.5 Å². The maximum Gasteiger partial charge on any atom is 0.410 e. The normalized spacial score (nSPS) is 22.6. The van der Waals surface area contributed by atoms with E-state index in [-0.39, 0.29) is 49.3 Å². The molecular formula is C46H66N6O9. The van der Waals surface area contributed by atoms with E-state index in [0.717, 1.165) is 24.8 Å². The smallest absolute Gasteiger partial charge is 0.410 e. The van der Waals surface area contributed by atoms with Gasteiger partial charge in [-0.15, -0.1) is 13.2 Å². The van der Waals surface area contributed by atoms with Gasteiger partial charge in [-0.1, -0.05) is 75.6 Å². The number of alkyl carbamates (subject to hydrolysis) is 1. The second-order valence-electron chi connectivity index (χ2n) is 18.6. The standard InChI is InChI=1S/C46H66N6O9/c1-8-10-21-33(38(53)41(56)47-24-9-2)48-40(55)37-34-32(46(34,6)7)27-52(37)42(57)36(30-19-15-12-16-20-30)49-39(54)35(50-43(58)61-45(3,4)5)31-22-25-51(26-23-31)44(59)60-28-29-17-13-11-14-18-29/h8-9,11,13-14,17-18,30-37H,1-2,10,12,15-16,19-28H2,3-7H3,(H,47,56)(H,48,55)(H,49,54)(H,50,58)/t32?,33-,34+,35?,36+,37+/m1/s1. The molecule has 2 unspecified atom stereocenters. The number of fused-ring (bicyclic) bond motifs is 1. The first-order valence-electron chi connectivity index (χ1n) is 21.9. The number of nitrogens with one attached hydrogen (secondary N) is 4. The van der Waals surface area contributed by atoms with Crippen LogP contribution in [0.5, 0.6) is 0 Å². The summed E-state index contributed by atoms with van der Waals surface area (Å²) < 4.78 is 11.1. The summed E-state index contributed by atoms with van der Waals surface area (Å²) in [5.41, 5.74) is -0.239. The number of piperidine rings is 2. The van der Waals surface area contributed by atoms with Crippen LogP contribution in [0.4, 0.5) is 9.59 Å². The van der Waals surface area contributed by atoms with Crippen LogP contribution in [0.3, 0.4) is 0 Å². The van der Waals surface area contributed by atoms with E-state index in [9.17, 15) is 33.6 Å². The molecule has 334 valence electrons. The van der Waals surface area contributed by atoms with E-state index < -0.39 is 77.3 Å². The molecule has 0 bridgehead atoms. The van der Waals surface area contributed by atoms with Crippen LogP contribution in [0.25, 0.3) is 0 Å². The Labute approximate surface area is 360 Å². The van der Waals surface area contributed by atoms with E-state index in [0.29, 0.717) is 45.2 Å². The van der Waals surface area contributed by atoms with Crippen LogP contribution in [0.15, 0.2) is 55.6 Å². The molecule has 2 aliphatic heterocycles. The van der Waals surface area contributed by atoms with Crippen molar-refractivity contribution in [3.8, 4) is 0 Å². The summed E-state index contributed by atoms with van der Waals surface area (Å²) in [7, 11) is 0. The number of carbonyl (C=O) groups excluding carboxylic acids is 7. The molecule has 1 aromatic carbocycles. The predicted molar refractivity (Wildman–Crippen MR) is 228 cm³/mol. The number of hydrogen-bond donors (Lipinski definition) is 4. The average Bonchev–Trinajstić information content (AvgIpc) is 3.52. The van der Waals surface area contributed by atoms with E-state index >= 15 is 0 Å². The van der Waals surface area contributed by atoms with Gasteiger partial charge in [-0.25, -0.2) is 9.59 Å². The van der Waals surface area contributed by atoms with Crippen LogP contribution in [-0.2, 0) is 40.1 Å². The lowest BCUT2D eigenvalue weighted by atomic mass is 9.82. The van der Waals surface area contributed by atoms with Crippen molar-refractivity contribution in [1.29, 1.82) is 0 Å². The summed E-state index contributed by atoms with van der Waals surface area (Å²) in [6.07, 6.45) is 7.17. The molecule has 5 rings (SSSR count). The number of carbonyl (C=O) groups is 7. The summed E-state index contributed by atoms with van der Waals surface area (Å²) in [5, 5.41) is 11.2. The monoisotopic (exact) mass is 846 g/mol. The van der Waals surface area contributed by atoms with Crippen molar-refractivity contribution in [3.05, 3.63) is 61.2 Å². The van der Waals surface area contributed by atoms with Crippen LogP contribution in [0, 0.1) is 29.1 Å². The van der Waals surface area contributed by atoms with Crippen molar-refractivity contribution in [1.82, 2.24) is 31.1 Å². The third-order valence-corrected chi connectivity index (χ3v) is 12.8. The van der Waals surface area contributed by atoms with E-state index in [1.807, 2.05) is 30.3 Å². The first-order chi connectivity index (χ1) is 29.0. The Hall–Kier alpha value is -5.21. The summed E-state index contributed by atoms with van der Waals surface area (Å²) >= 11 is 0. The molecule has 2 aliphatic carbocycles. The highest BCUT2D eigenvalue weighted by Crippen LogP contribution is 2.65. The summed E-state index contributed by atoms with van der Waals surface area (Å²) in [4.78, 5) is 99.3. The SMILES string of the molecule is C=CCC[C@@H](NC(=O)[C@@H]1[C@@H]2C(CN1C(=O)[C@@H](NC(=O)C(NC(=O)OC(C)(C)C)C1CCN(C(=O)OCc3ccccc3)CC1)C1CCCCC1)C2(C)C)C(=O)C(=O)NCC=C. The van der Waals surface area contributed by atoms with Crippen LogP contribution >= 0.6 is 0 Å². The van der Waals surface area contributed by atoms with Gasteiger partial charge in [-0.05, 0) is 93.9 Å². The predicted octanol–water partition coefficient (Wildman–Crippen LogP) is 4.80. The number of ether oxygens (including phenoxy) is 2. The molecule has 0 aromatic heterocycles. The highest BCUT2D eigenvalue weighted by Gasteiger charge is 2.70. The Bertz CT molecular complexity index is 1780. The van der Waals surface area contributed by atoms with E-state index in [2.05, 4.69) is 48.3 Å². The Morgan fingerprint density at radius 2 is 1.52 bits per heavy atom. The third kappa shape index (κ3) is 12.0. The van der Waals surface area contributed by atoms with Crippen molar-refractivity contribution < 1.29 is 43.0 Å². The molecule has 2 saturated heterocycles. The minimum Gasteiger partial charge on any atom is -0.445 e. The first kappa shape index (κ1) is 46.8. The van der Waals surface area contributed by atoms with Crippen molar-refractivity contribution in [2.45, 2.75) is 129 Å². The fourth-order valence-electron chi connectivity index (χ4n) is 9.36. The summed E-state index contributed by atoms with van der Waals surface area (Å²) in [6.45, 7) is 17.7. The van der Waals surface area contributed by atoms with Gasteiger partial charge < -0.3 is 40.5 Å². The van der Waals surface area contributed by atoms with Gasteiger partial charge in [0.1, 0.15) is 30.3 Å². The Morgan fingerprint density at radius 3 is 2.15 bits per heavy atom. The van der Waals surface area contributed by atoms with Gasteiger partial charge in [0.05, 0.1) is 6.04 Å². The second-order valence-corrected chi connectivity index (χ2v) is 18.6. The van der Waals surface area contributed by atoms with Crippen LogP contribution < -0.4 is 21.3 Å². The lowest BCUT2D eigenvalue weighted by molar-refractivity contribution is -0.146. The summed E-state index contributed by atoms with van der Waals surface area (Å²) in [5.74, 6) is -3.93. The van der Waals surface area contributed by atoms with Crippen molar-refractivity contribution in [3.63, 3.8) is 0 Å². The molecule has 15 nitrogen and oxygen atoms in total. The minimum absolute atomic E-state index is 0.0132. The number of Topliss-reactive ketones (excluding diaryl/α,β-unsaturated/α-hetero) is 1. The van der Waals surface area contributed by atoms with Gasteiger partial charge in [-0.3, -0.25) is 24.0 Å².